The molecule has 3 heterocycles. The Kier molecular flexibility index (Phi) is 8.74. The second-order valence-corrected chi connectivity index (χ2v) is 8.77. The summed E-state index contributed by atoms with van der Waals surface area (Å²) in [5.41, 5.74) is 4.65. The molecule has 1 aromatic heterocycles. The lowest BCUT2D eigenvalue weighted by atomic mass is 10.0. The Morgan fingerprint density at radius 2 is 1.62 bits per heavy atom. The molecule has 2 aliphatic rings. The largest absolute Gasteiger partial charge is 0.383 e. The summed E-state index contributed by atoms with van der Waals surface area (Å²) in [6.45, 7) is 13.8. The number of benzene rings is 2. The quantitative estimate of drug-likeness (QED) is 0.586. The first-order valence-electron chi connectivity index (χ1n) is 12.7. The Morgan fingerprint density at radius 3 is 2.35 bits per heavy atom. The number of likely N-dealkylation sites (N-methyl/N-ethyl adjacent to an activating group) is 1. The van der Waals surface area contributed by atoms with Gasteiger partial charge in [-0.05, 0) is 12.6 Å². The van der Waals surface area contributed by atoms with E-state index in [1.165, 1.54) is 22.2 Å². The molecule has 0 atom stereocenters. The Balaban J connectivity index is 0.00000133. The van der Waals surface area contributed by atoms with Crippen molar-refractivity contribution < 1.29 is 4.74 Å². The minimum absolute atomic E-state index is 0.839. The molecule has 0 unspecified atom stereocenters. The Morgan fingerprint density at radius 1 is 0.882 bits per heavy atom. The van der Waals surface area contributed by atoms with Gasteiger partial charge in [0.2, 0.25) is 0 Å². The second-order valence-electron chi connectivity index (χ2n) is 8.77. The number of ether oxygens (including phenoxy) is 1. The third kappa shape index (κ3) is 5.87. The number of nitrogens with one attached hydrogen (secondary N) is 1. The van der Waals surface area contributed by atoms with Crippen LogP contribution in [0.1, 0.15) is 13.8 Å². The highest BCUT2D eigenvalue weighted by molar-refractivity contribution is 6.01. The summed E-state index contributed by atoms with van der Waals surface area (Å²) in [5, 5.41) is 4.93. The maximum absolute atomic E-state index is 5.49. The number of pyridine rings is 1. The fourth-order valence-corrected chi connectivity index (χ4v) is 4.60. The summed E-state index contributed by atoms with van der Waals surface area (Å²) in [4.78, 5) is 12.5. The van der Waals surface area contributed by atoms with Crippen LogP contribution < -0.4 is 10.2 Å². The Hall–Kier alpha value is -2.67. The van der Waals surface area contributed by atoms with E-state index in [-0.39, 0.29) is 0 Å². The molecule has 1 N–H and O–H groups in total. The van der Waals surface area contributed by atoms with E-state index < -0.39 is 0 Å². The van der Waals surface area contributed by atoms with Gasteiger partial charge in [-0.2, -0.15) is 0 Å². The van der Waals surface area contributed by atoms with Crippen LogP contribution in [0.3, 0.4) is 0 Å². The lowest BCUT2D eigenvalue weighted by Crippen LogP contribution is -2.44. The van der Waals surface area contributed by atoms with Crippen molar-refractivity contribution in [2.75, 3.05) is 82.8 Å². The smallest absolute Gasteiger partial charge is 0.131 e. The fourth-order valence-electron chi connectivity index (χ4n) is 4.60. The lowest BCUT2D eigenvalue weighted by molar-refractivity contribution is 0.0398. The van der Waals surface area contributed by atoms with Crippen LogP contribution in [0.2, 0.25) is 0 Å². The van der Waals surface area contributed by atoms with Crippen LogP contribution in [0.25, 0.3) is 22.0 Å². The summed E-state index contributed by atoms with van der Waals surface area (Å²) in [5.74, 6) is 1.07. The van der Waals surface area contributed by atoms with Crippen LogP contribution in [0.5, 0.6) is 0 Å². The summed E-state index contributed by atoms with van der Waals surface area (Å²) in [6.07, 6.45) is 0. The topological polar surface area (TPSA) is 43.9 Å². The van der Waals surface area contributed by atoms with Crippen LogP contribution in [0, 0.1) is 0 Å². The molecule has 5 rings (SSSR count). The number of hydrogen-bond acceptors (Lipinski definition) is 6. The summed E-state index contributed by atoms with van der Waals surface area (Å²) in [6, 6.07) is 19.4. The molecule has 0 saturated carbocycles. The van der Waals surface area contributed by atoms with Gasteiger partial charge in [-0.3, -0.25) is 4.90 Å². The van der Waals surface area contributed by atoms with Gasteiger partial charge in [0.05, 0.1) is 18.7 Å². The Bertz CT molecular complexity index is 1030. The molecule has 2 aromatic carbocycles. The third-order valence-electron chi connectivity index (χ3n) is 6.59. The number of hydrogen-bond donors (Lipinski definition) is 1. The van der Waals surface area contributed by atoms with Crippen LogP contribution in [0.15, 0.2) is 54.6 Å². The molecule has 2 fully saturated rings. The first-order valence-corrected chi connectivity index (χ1v) is 12.7. The molecule has 6 heteroatoms. The standard InChI is InChI=1S/C26H33N5O.C2H6/c1-29-12-14-31(15-13-29)25-20-24(27-10-11-30-16-18-32-19-17-30)23-9-5-8-22(26(23)28-25)21-6-3-2-4-7-21;1-2/h2-9,20H,10-19H2,1H3,(H,27,28);1-2H3. The molecule has 6 nitrogen and oxygen atoms in total. The number of aromatic nitrogens is 1. The van der Waals surface area contributed by atoms with Gasteiger partial charge in [-0.1, -0.05) is 62.4 Å². The minimum atomic E-state index is 0.839. The van der Waals surface area contributed by atoms with Crippen LogP contribution in [-0.4, -0.2) is 87.4 Å². The van der Waals surface area contributed by atoms with Crippen molar-refractivity contribution in [3.05, 3.63) is 54.6 Å². The first-order chi connectivity index (χ1) is 16.8. The SMILES string of the molecule is CC.CN1CCN(c2cc(NCCN3CCOCC3)c3cccc(-c4ccccc4)c3n2)CC1. The first kappa shape index (κ1) is 24.5. The van der Waals surface area contributed by atoms with Gasteiger partial charge in [0, 0.05) is 75.1 Å². The highest BCUT2D eigenvalue weighted by Gasteiger charge is 2.19. The zero-order valence-electron chi connectivity index (χ0n) is 21.0. The molecule has 0 radical (unpaired) electrons. The predicted molar refractivity (Wildman–Crippen MR) is 144 cm³/mol. The second kappa shape index (κ2) is 12.2. The Labute approximate surface area is 204 Å². The van der Waals surface area contributed by atoms with Crippen molar-refractivity contribution in [2.45, 2.75) is 13.8 Å². The molecule has 0 aliphatic carbocycles. The maximum atomic E-state index is 5.49. The van der Waals surface area contributed by atoms with E-state index >= 15 is 0 Å². The molecular weight excluding hydrogens is 422 g/mol. The lowest BCUT2D eigenvalue weighted by Gasteiger charge is -2.33. The molecule has 34 heavy (non-hydrogen) atoms. The molecule has 0 bridgehead atoms. The number of piperazine rings is 1. The number of rotatable bonds is 6. The molecule has 3 aromatic rings. The van der Waals surface area contributed by atoms with E-state index in [2.05, 4.69) is 81.7 Å². The van der Waals surface area contributed by atoms with E-state index in [1.807, 2.05) is 13.8 Å². The van der Waals surface area contributed by atoms with Gasteiger partial charge in [-0.25, -0.2) is 4.98 Å². The van der Waals surface area contributed by atoms with Crippen molar-refractivity contribution in [2.24, 2.45) is 0 Å². The molecule has 0 spiro atoms. The van der Waals surface area contributed by atoms with Crippen LogP contribution in [0.4, 0.5) is 11.5 Å². The normalized spacial score (nSPS) is 17.3. The average molecular weight is 462 g/mol. The van der Waals surface area contributed by atoms with Crippen molar-refractivity contribution in [1.29, 1.82) is 0 Å². The minimum Gasteiger partial charge on any atom is -0.383 e. The predicted octanol–water partition coefficient (Wildman–Crippen LogP) is 4.42. The van der Waals surface area contributed by atoms with Crippen molar-refractivity contribution in [3.8, 4) is 11.1 Å². The highest BCUT2D eigenvalue weighted by Crippen LogP contribution is 2.34. The van der Waals surface area contributed by atoms with E-state index in [0.717, 1.165) is 76.9 Å². The van der Waals surface area contributed by atoms with Crippen molar-refractivity contribution in [1.82, 2.24) is 14.8 Å². The van der Waals surface area contributed by atoms with Crippen molar-refractivity contribution >= 4 is 22.4 Å². The molecular formula is C28H39N5O. The number of para-hydroxylation sites is 1. The van der Waals surface area contributed by atoms with Crippen LogP contribution in [-0.2, 0) is 4.74 Å². The fraction of sp³-hybridized carbons (Fsp3) is 0.464. The highest BCUT2D eigenvalue weighted by atomic mass is 16.5. The maximum Gasteiger partial charge on any atom is 0.131 e. The van der Waals surface area contributed by atoms with E-state index in [0.29, 0.717) is 0 Å². The van der Waals surface area contributed by atoms with E-state index in [9.17, 15) is 0 Å². The summed E-state index contributed by atoms with van der Waals surface area (Å²) >= 11 is 0. The third-order valence-corrected chi connectivity index (χ3v) is 6.59. The van der Waals surface area contributed by atoms with Gasteiger partial charge >= 0.3 is 0 Å². The van der Waals surface area contributed by atoms with Gasteiger partial charge in [-0.15, -0.1) is 0 Å². The summed E-state index contributed by atoms with van der Waals surface area (Å²) in [7, 11) is 2.19. The van der Waals surface area contributed by atoms with Gasteiger partial charge < -0.3 is 19.9 Å². The molecule has 0 amide bonds. The molecule has 2 aliphatic heterocycles. The van der Waals surface area contributed by atoms with Crippen LogP contribution >= 0.6 is 0 Å². The number of fused-ring (bicyclic) bond motifs is 1. The average Bonchev–Trinajstić information content (AvgIpc) is 2.91. The van der Waals surface area contributed by atoms with Gasteiger partial charge in [0.1, 0.15) is 5.82 Å². The zero-order valence-corrected chi connectivity index (χ0v) is 21.0. The zero-order chi connectivity index (χ0) is 23.8. The van der Waals surface area contributed by atoms with E-state index in [1.54, 1.807) is 0 Å². The number of anilines is 2. The molecule has 182 valence electrons. The van der Waals surface area contributed by atoms with Gasteiger partial charge in [0.15, 0.2) is 0 Å². The van der Waals surface area contributed by atoms with Gasteiger partial charge in [0.25, 0.3) is 0 Å². The summed E-state index contributed by atoms with van der Waals surface area (Å²) < 4.78 is 5.49. The number of nitrogens with zero attached hydrogens (tertiary/aromatic N) is 4. The monoisotopic (exact) mass is 461 g/mol. The number of morpholine rings is 1. The van der Waals surface area contributed by atoms with E-state index in [4.69, 9.17) is 9.72 Å². The molecule has 2 saturated heterocycles. The van der Waals surface area contributed by atoms with Crippen molar-refractivity contribution in [3.63, 3.8) is 0 Å².